The van der Waals surface area contributed by atoms with Gasteiger partial charge in [0.05, 0.1) is 13.7 Å². The van der Waals surface area contributed by atoms with E-state index in [0.717, 1.165) is 36.6 Å². The maximum Gasteiger partial charge on any atom is 0.124 e. The van der Waals surface area contributed by atoms with Gasteiger partial charge < -0.3 is 14.8 Å². The minimum Gasteiger partial charge on any atom is -0.497 e. The van der Waals surface area contributed by atoms with Crippen LogP contribution in [-0.2, 0) is 6.54 Å². The normalized spacial score (nSPS) is 10.5. The minimum atomic E-state index is 0.635. The predicted molar refractivity (Wildman–Crippen MR) is 79.8 cm³/mol. The van der Waals surface area contributed by atoms with Crippen LogP contribution in [-0.4, -0.2) is 20.3 Å². The molecule has 0 bridgehead atoms. The van der Waals surface area contributed by atoms with Gasteiger partial charge in [-0.25, -0.2) is 0 Å². The van der Waals surface area contributed by atoms with Gasteiger partial charge in [0.25, 0.3) is 0 Å². The lowest BCUT2D eigenvalue weighted by Gasteiger charge is -2.14. The first-order chi connectivity index (χ1) is 9.17. The quantitative estimate of drug-likeness (QED) is 0.547. The lowest BCUT2D eigenvalue weighted by Crippen LogP contribution is -2.19. The fourth-order valence-electron chi connectivity index (χ4n) is 1.71. The third kappa shape index (κ3) is 5.79. The van der Waals surface area contributed by atoms with E-state index < -0.39 is 0 Å². The Morgan fingerprint density at radius 2 is 2.16 bits per heavy atom. The molecule has 0 fully saturated rings. The molecule has 1 N–H and O–H groups in total. The van der Waals surface area contributed by atoms with E-state index in [9.17, 15) is 0 Å². The number of rotatable bonds is 9. The van der Waals surface area contributed by atoms with Crippen LogP contribution in [0.1, 0.15) is 25.8 Å². The van der Waals surface area contributed by atoms with Gasteiger partial charge in [0.2, 0.25) is 0 Å². The van der Waals surface area contributed by atoms with Crippen molar-refractivity contribution in [1.29, 1.82) is 0 Å². The molecular weight excluding hydrogens is 238 g/mol. The van der Waals surface area contributed by atoms with Crippen LogP contribution in [0, 0.1) is 5.92 Å². The number of ether oxygens (including phenoxy) is 2. The zero-order valence-electron chi connectivity index (χ0n) is 12.2. The van der Waals surface area contributed by atoms with E-state index in [4.69, 9.17) is 9.47 Å². The van der Waals surface area contributed by atoms with Crippen LogP contribution in [0.15, 0.2) is 30.9 Å². The fourth-order valence-corrected chi connectivity index (χ4v) is 1.71. The van der Waals surface area contributed by atoms with Gasteiger partial charge in [0.15, 0.2) is 0 Å². The molecule has 0 aliphatic heterocycles. The molecule has 0 radical (unpaired) electrons. The van der Waals surface area contributed by atoms with Gasteiger partial charge in [-0.1, -0.05) is 19.9 Å². The van der Waals surface area contributed by atoms with Gasteiger partial charge in [0, 0.05) is 12.1 Å². The highest BCUT2D eigenvalue weighted by molar-refractivity contribution is 5.40. The van der Waals surface area contributed by atoms with Crippen LogP contribution in [0.3, 0.4) is 0 Å². The predicted octanol–water partition coefficient (Wildman–Crippen LogP) is 3.40. The number of benzene rings is 1. The average Bonchev–Trinajstić information content (AvgIpc) is 2.40. The van der Waals surface area contributed by atoms with Crippen LogP contribution in [0.4, 0.5) is 0 Å². The second-order valence-corrected chi connectivity index (χ2v) is 4.92. The van der Waals surface area contributed by atoms with Gasteiger partial charge in [-0.15, -0.1) is 6.58 Å². The monoisotopic (exact) mass is 263 g/mol. The van der Waals surface area contributed by atoms with Gasteiger partial charge in [-0.05, 0) is 37.1 Å². The Bertz CT molecular complexity index is 388. The first-order valence-electron chi connectivity index (χ1n) is 6.78. The molecule has 106 valence electrons. The molecule has 1 rings (SSSR count). The molecule has 19 heavy (non-hydrogen) atoms. The van der Waals surface area contributed by atoms with E-state index >= 15 is 0 Å². The molecule has 0 saturated heterocycles. The molecule has 0 unspecified atom stereocenters. The lowest BCUT2D eigenvalue weighted by atomic mass is 10.1. The summed E-state index contributed by atoms with van der Waals surface area (Å²) in [5.41, 5.74) is 1.13. The Labute approximate surface area is 116 Å². The van der Waals surface area contributed by atoms with Crippen molar-refractivity contribution in [1.82, 2.24) is 5.32 Å². The molecular formula is C16H25NO2. The van der Waals surface area contributed by atoms with E-state index in [0.29, 0.717) is 12.5 Å². The van der Waals surface area contributed by atoms with E-state index in [1.54, 1.807) is 7.11 Å². The maximum atomic E-state index is 5.77. The van der Waals surface area contributed by atoms with Gasteiger partial charge in [0.1, 0.15) is 11.5 Å². The van der Waals surface area contributed by atoms with Crippen molar-refractivity contribution in [3.8, 4) is 11.5 Å². The first-order valence-corrected chi connectivity index (χ1v) is 6.78. The largest absolute Gasteiger partial charge is 0.497 e. The number of hydrogen-bond acceptors (Lipinski definition) is 3. The van der Waals surface area contributed by atoms with Crippen molar-refractivity contribution in [2.24, 2.45) is 5.92 Å². The molecule has 3 heteroatoms. The number of hydrogen-bond donors (Lipinski definition) is 1. The molecule has 0 heterocycles. The third-order valence-corrected chi connectivity index (χ3v) is 2.72. The molecule has 0 aliphatic rings. The molecule has 0 amide bonds. The van der Waals surface area contributed by atoms with Crippen LogP contribution < -0.4 is 14.8 Å². The van der Waals surface area contributed by atoms with E-state index in [-0.39, 0.29) is 0 Å². The summed E-state index contributed by atoms with van der Waals surface area (Å²) >= 11 is 0. The molecule has 0 aliphatic carbocycles. The van der Waals surface area contributed by atoms with Gasteiger partial charge in [-0.3, -0.25) is 0 Å². The summed E-state index contributed by atoms with van der Waals surface area (Å²) in [7, 11) is 1.68. The highest BCUT2D eigenvalue weighted by Gasteiger charge is 2.06. The Balaban J connectivity index is 2.68. The summed E-state index contributed by atoms with van der Waals surface area (Å²) in [5, 5.41) is 3.43. The van der Waals surface area contributed by atoms with Crippen LogP contribution in [0.25, 0.3) is 0 Å². The van der Waals surface area contributed by atoms with E-state index in [1.165, 1.54) is 0 Å². The Morgan fingerprint density at radius 1 is 1.37 bits per heavy atom. The Morgan fingerprint density at radius 3 is 2.79 bits per heavy atom. The average molecular weight is 263 g/mol. The SMILES string of the molecule is C=CCCOc1ccc(OC)cc1CNCC(C)C. The zero-order chi connectivity index (χ0) is 14.1. The minimum absolute atomic E-state index is 0.635. The second-order valence-electron chi connectivity index (χ2n) is 4.92. The van der Waals surface area contributed by atoms with E-state index in [2.05, 4.69) is 25.7 Å². The third-order valence-electron chi connectivity index (χ3n) is 2.72. The zero-order valence-corrected chi connectivity index (χ0v) is 12.2. The molecule has 3 nitrogen and oxygen atoms in total. The summed E-state index contributed by atoms with van der Waals surface area (Å²) in [6, 6.07) is 5.92. The summed E-state index contributed by atoms with van der Waals surface area (Å²) in [6.07, 6.45) is 2.71. The Kier molecular flexibility index (Phi) is 7.04. The van der Waals surface area contributed by atoms with Crippen LogP contribution in [0.5, 0.6) is 11.5 Å². The fraction of sp³-hybridized carbons (Fsp3) is 0.500. The van der Waals surface area contributed by atoms with Crippen molar-refractivity contribution < 1.29 is 9.47 Å². The lowest BCUT2D eigenvalue weighted by molar-refractivity contribution is 0.319. The summed E-state index contributed by atoms with van der Waals surface area (Å²) < 4.78 is 11.0. The highest BCUT2D eigenvalue weighted by atomic mass is 16.5. The maximum absolute atomic E-state index is 5.77. The standard InChI is InChI=1S/C16H25NO2/c1-5-6-9-19-16-8-7-15(18-4)10-14(16)12-17-11-13(2)3/h5,7-8,10,13,17H,1,6,9,11-12H2,2-4H3. The van der Waals surface area contributed by atoms with Crippen molar-refractivity contribution in [2.75, 3.05) is 20.3 Å². The molecule has 0 atom stereocenters. The summed E-state index contributed by atoms with van der Waals surface area (Å²) in [4.78, 5) is 0. The molecule has 1 aromatic carbocycles. The topological polar surface area (TPSA) is 30.5 Å². The Hall–Kier alpha value is -1.48. The van der Waals surface area contributed by atoms with Crippen molar-refractivity contribution in [3.63, 3.8) is 0 Å². The highest BCUT2D eigenvalue weighted by Crippen LogP contribution is 2.24. The van der Waals surface area contributed by atoms with Crippen molar-refractivity contribution in [3.05, 3.63) is 36.4 Å². The van der Waals surface area contributed by atoms with E-state index in [1.807, 2.05) is 24.3 Å². The molecule has 1 aromatic rings. The van der Waals surface area contributed by atoms with Crippen molar-refractivity contribution in [2.45, 2.75) is 26.8 Å². The smallest absolute Gasteiger partial charge is 0.124 e. The summed E-state index contributed by atoms with van der Waals surface area (Å²) in [6.45, 7) is 10.5. The first kappa shape index (κ1) is 15.6. The van der Waals surface area contributed by atoms with Gasteiger partial charge in [-0.2, -0.15) is 0 Å². The van der Waals surface area contributed by atoms with Crippen LogP contribution >= 0.6 is 0 Å². The van der Waals surface area contributed by atoms with Crippen LogP contribution in [0.2, 0.25) is 0 Å². The number of methoxy groups -OCH3 is 1. The molecule has 0 spiro atoms. The number of nitrogens with one attached hydrogen (secondary N) is 1. The molecule has 0 aromatic heterocycles. The second kappa shape index (κ2) is 8.59. The van der Waals surface area contributed by atoms with Crippen molar-refractivity contribution >= 4 is 0 Å². The molecule has 0 saturated carbocycles. The van der Waals surface area contributed by atoms with Gasteiger partial charge >= 0.3 is 0 Å². The summed E-state index contributed by atoms with van der Waals surface area (Å²) in [5.74, 6) is 2.41.